The number of likely N-dealkylation sites (tertiary alicyclic amines) is 1. The summed E-state index contributed by atoms with van der Waals surface area (Å²) >= 11 is 0. The lowest BCUT2D eigenvalue weighted by Gasteiger charge is -2.36. The second kappa shape index (κ2) is 7.62. The minimum absolute atomic E-state index is 0. The van der Waals surface area contributed by atoms with Gasteiger partial charge in [0.2, 0.25) is 5.91 Å². The molecule has 118 valence electrons. The number of carbonyl (C=O) groups is 1. The van der Waals surface area contributed by atoms with Gasteiger partial charge < -0.3 is 15.5 Å². The van der Waals surface area contributed by atoms with Crippen molar-refractivity contribution in [1.29, 1.82) is 0 Å². The number of amides is 1. The van der Waals surface area contributed by atoms with E-state index in [1.54, 1.807) is 0 Å². The number of hydrogen-bond donors (Lipinski definition) is 2. The first-order chi connectivity index (χ1) is 9.07. The molecule has 0 radical (unpaired) electrons. The third-order valence-electron chi connectivity index (χ3n) is 4.88. The van der Waals surface area contributed by atoms with Crippen LogP contribution >= 0.6 is 12.4 Å². The summed E-state index contributed by atoms with van der Waals surface area (Å²) in [4.78, 5) is 15.0. The highest BCUT2D eigenvalue weighted by Crippen LogP contribution is 2.24. The molecule has 5 heteroatoms. The van der Waals surface area contributed by atoms with E-state index in [4.69, 9.17) is 0 Å². The SMILES string of the molecule is CCC1(C(=O)NC2CCN(C(C)C)CC2)CCCN1.Cl. The molecule has 0 aromatic heterocycles. The van der Waals surface area contributed by atoms with Crippen LogP contribution in [-0.2, 0) is 4.79 Å². The minimum atomic E-state index is -0.283. The molecule has 20 heavy (non-hydrogen) atoms. The number of hydrogen-bond acceptors (Lipinski definition) is 3. The van der Waals surface area contributed by atoms with Crippen molar-refractivity contribution in [3.63, 3.8) is 0 Å². The fourth-order valence-electron chi connectivity index (χ4n) is 3.35. The normalized spacial score (nSPS) is 28.4. The molecule has 1 atom stereocenters. The summed E-state index contributed by atoms with van der Waals surface area (Å²) in [6.45, 7) is 9.79. The van der Waals surface area contributed by atoms with Crippen LogP contribution in [0.25, 0.3) is 0 Å². The molecule has 2 aliphatic rings. The van der Waals surface area contributed by atoms with E-state index in [1.807, 2.05) is 0 Å². The van der Waals surface area contributed by atoms with Gasteiger partial charge in [-0.15, -0.1) is 12.4 Å². The molecule has 0 bridgehead atoms. The number of rotatable bonds is 4. The van der Waals surface area contributed by atoms with Gasteiger partial charge in [0, 0.05) is 25.2 Å². The minimum Gasteiger partial charge on any atom is -0.352 e. The zero-order chi connectivity index (χ0) is 13.9. The van der Waals surface area contributed by atoms with Gasteiger partial charge in [-0.25, -0.2) is 0 Å². The standard InChI is InChI=1S/C15H29N3O.ClH/c1-4-15(8-5-9-16-15)14(19)17-13-6-10-18(11-7-13)12(2)3;/h12-13,16H,4-11H2,1-3H3,(H,17,19);1H. The Labute approximate surface area is 129 Å². The fraction of sp³-hybridized carbons (Fsp3) is 0.933. The molecule has 1 unspecified atom stereocenters. The van der Waals surface area contributed by atoms with Crippen LogP contribution in [0.2, 0.25) is 0 Å². The summed E-state index contributed by atoms with van der Waals surface area (Å²) in [7, 11) is 0. The van der Waals surface area contributed by atoms with Crippen molar-refractivity contribution in [2.75, 3.05) is 19.6 Å². The molecule has 2 heterocycles. The van der Waals surface area contributed by atoms with Gasteiger partial charge in [0.05, 0.1) is 5.54 Å². The predicted molar refractivity (Wildman–Crippen MR) is 85.4 cm³/mol. The van der Waals surface area contributed by atoms with E-state index < -0.39 is 0 Å². The Morgan fingerprint density at radius 3 is 2.50 bits per heavy atom. The zero-order valence-electron chi connectivity index (χ0n) is 13.1. The Morgan fingerprint density at radius 1 is 1.40 bits per heavy atom. The highest BCUT2D eigenvalue weighted by molar-refractivity contribution is 5.86. The molecular weight excluding hydrogens is 274 g/mol. The predicted octanol–water partition coefficient (Wildman–Crippen LogP) is 1.93. The van der Waals surface area contributed by atoms with Gasteiger partial charge in [0.1, 0.15) is 0 Å². The average Bonchev–Trinajstić information content (AvgIpc) is 2.89. The number of carbonyl (C=O) groups excluding carboxylic acids is 1. The lowest BCUT2D eigenvalue weighted by molar-refractivity contribution is -0.128. The molecule has 0 aromatic rings. The number of piperidine rings is 1. The number of halogens is 1. The average molecular weight is 304 g/mol. The van der Waals surface area contributed by atoms with Gasteiger partial charge in [-0.1, -0.05) is 6.92 Å². The lowest BCUT2D eigenvalue weighted by Crippen LogP contribution is -2.57. The second-order valence-corrected chi connectivity index (χ2v) is 6.34. The molecular formula is C15H30ClN3O. The number of nitrogens with zero attached hydrogens (tertiary/aromatic N) is 1. The maximum atomic E-state index is 12.5. The van der Waals surface area contributed by atoms with Crippen LogP contribution in [0, 0.1) is 0 Å². The van der Waals surface area contributed by atoms with Crippen molar-refractivity contribution < 1.29 is 4.79 Å². The maximum Gasteiger partial charge on any atom is 0.240 e. The number of nitrogens with one attached hydrogen (secondary N) is 2. The molecule has 4 nitrogen and oxygen atoms in total. The molecule has 1 amide bonds. The first kappa shape index (κ1) is 17.7. The largest absolute Gasteiger partial charge is 0.352 e. The fourth-order valence-corrected chi connectivity index (χ4v) is 3.35. The lowest BCUT2D eigenvalue weighted by atomic mass is 9.92. The van der Waals surface area contributed by atoms with Crippen molar-refractivity contribution in [2.24, 2.45) is 0 Å². The first-order valence-corrected chi connectivity index (χ1v) is 7.87. The highest BCUT2D eigenvalue weighted by Gasteiger charge is 2.40. The topological polar surface area (TPSA) is 44.4 Å². The Kier molecular flexibility index (Phi) is 6.76. The molecule has 2 saturated heterocycles. The summed E-state index contributed by atoms with van der Waals surface area (Å²) < 4.78 is 0. The first-order valence-electron chi connectivity index (χ1n) is 7.87. The van der Waals surface area contributed by atoms with Crippen LogP contribution in [0.4, 0.5) is 0 Å². The highest BCUT2D eigenvalue weighted by atomic mass is 35.5. The van der Waals surface area contributed by atoms with Crippen LogP contribution in [0.5, 0.6) is 0 Å². The van der Waals surface area contributed by atoms with Crippen molar-refractivity contribution in [1.82, 2.24) is 15.5 Å². The molecule has 2 fully saturated rings. The van der Waals surface area contributed by atoms with Crippen molar-refractivity contribution in [2.45, 2.75) is 70.5 Å². The Hall–Kier alpha value is -0.320. The summed E-state index contributed by atoms with van der Waals surface area (Å²) in [6.07, 6.45) is 5.17. The zero-order valence-corrected chi connectivity index (χ0v) is 13.9. The molecule has 0 aromatic carbocycles. The van der Waals surface area contributed by atoms with Crippen molar-refractivity contribution in [3.8, 4) is 0 Å². The van der Waals surface area contributed by atoms with E-state index >= 15 is 0 Å². The van der Waals surface area contributed by atoms with Gasteiger partial charge in [0.25, 0.3) is 0 Å². The summed E-state index contributed by atoms with van der Waals surface area (Å²) in [6, 6.07) is 0.989. The molecule has 0 saturated carbocycles. The van der Waals surface area contributed by atoms with Gasteiger partial charge >= 0.3 is 0 Å². The third kappa shape index (κ3) is 3.86. The van der Waals surface area contributed by atoms with Crippen LogP contribution in [0.15, 0.2) is 0 Å². The van der Waals surface area contributed by atoms with Crippen LogP contribution in [0.3, 0.4) is 0 Å². The van der Waals surface area contributed by atoms with Crippen molar-refractivity contribution in [3.05, 3.63) is 0 Å². The summed E-state index contributed by atoms with van der Waals surface area (Å²) in [5.41, 5.74) is -0.283. The molecule has 0 aliphatic carbocycles. The quantitative estimate of drug-likeness (QED) is 0.834. The van der Waals surface area contributed by atoms with Gasteiger partial charge in [-0.05, 0) is 52.5 Å². The molecule has 2 aliphatic heterocycles. The Bertz CT molecular complexity index is 308. The summed E-state index contributed by atoms with van der Waals surface area (Å²) in [5, 5.41) is 6.70. The monoisotopic (exact) mass is 303 g/mol. The van der Waals surface area contributed by atoms with E-state index in [1.165, 1.54) is 0 Å². The van der Waals surface area contributed by atoms with Gasteiger partial charge in [-0.3, -0.25) is 4.79 Å². The smallest absolute Gasteiger partial charge is 0.240 e. The third-order valence-corrected chi connectivity index (χ3v) is 4.88. The summed E-state index contributed by atoms with van der Waals surface area (Å²) in [5.74, 6) is 0.232. The van der Waals surface area contributed by atoms with Crippen LogP contribution in [0.1, 0.15) is 52.9 Å². The van der Waals surface area contributed by atoms with Gasteiger partial charge in [0.15, 0.2) is 0 Å². The van der Waals surface area contributed by atoms with E-state index in [2.05, 4.69) is 36.3 Å². The Morgan fingerprint density at radius 2 is 2.05 bits per heavy atom. The second-order valence-electron chi connectivity index (χ2n) is 6.34. The molecule has 2 N–H and O–H groups in total. The van der Waals surface area contributed by atoms with Crippen LogP contribution in [-0.4, -0.2) is 48.1 Å². The van der Waals surface area contributed by atoms with E-state index in [0.29, 0.717) is 12.1 Å². The van der Waals surface area contributed by atoms with Crippen LogP contribution < -0.4 is 10.6 Å². The maximum absolute atomic E-state index is 12.5. The van der Waals surface area contributed by atoms with E-state index in [0.717, 1.165) is 51.7 Å². The molecule has 2 rings (SSSR count). The Balaban J connectivity index is 0.00000200. The van der Waals surface area contributed by atoms with Gasteiger partial charge in [-0.2, -0.15) is 0 Å². The van der Waals surface area contributed by atoms with E-state index in [-0.39, 0.29) is 23.9 Å². The van der Waals surface area contributed by atoms with Crippen molar-refractivity contribution >= 4 is 18.3 Å². The molecule has 0 spiro atoms. The van der Waals surface area contributed by atoms with E-state index in [9.17, 15) is 4.79 Å².